The predicted octanol–water partition coefficient (Wildman–Crippen LogP) is 3.82. The number of ether oxygens (including phenoxy) is 2. The molecule has 12 amide bonds. The van der Waals surface area contributed by atoms with Crippen molar-refractivity contribution in [1.82, 2.24) is 65.2 Å². The zero-order chi connectivity index (χ0) is 85.4. The number of likely N-dealkylation sites (tertiary alicyclic amines) is 1. The number of sulfonamides is 1. The fraction of sp³-hybridized carbons (Fsp3) is 0.688. The van der Waals surface area contributed by atoms with E-state index < -0.39 is 186 Å². The first kappa shape index (κ1) is 97.0. The van der Waals surface area contributed by atoms with E-state index in [2.05, 4.69) is 21.3 Å². The van der Waals surface area contributed by atoms with Gasteiger partial charge in [0.15, 0.2) is 0 Å². The number of nitrogens with zero attached hydrogens (tertiary/aromatic N) is 8. The van der Waals surface area contributed by atoms with Gasteiger partial charge in [-0.05, 0) is 145 Å². The molecule has 0 radical (unpaired) electrons. The number of nitrogens with one attached hydrogen (secondary N) is 5. The third kappa shape index (κ3) is 29.8. The van der Waals surface area contributed by atoms with Crippen molar-refractivity contribution >= 4 is 98.8 Å². The summed E-state index contributed by atoms with van der Waals surface area (Å²) < 4.78 is 38.1. The van der Waals surface area contributed by atoms with Crippen molar-refractivity contribution in [2.75, 3.05) is 95.0 Å². The number of carbonyl (C=O) groups excluding carboxylic acids is 13. The molecule has 4 rings (SSSR count). The highest BCUT2D eigenvalue weighted by atomic mass is 35.5. The summed E-state index contributed by atoms with van der Waals surface area (Å²) in [7, 11) is 5.29. The maximum Gasteiger partial charge on any atom is 0.268 e. The third-order valence-electron chi connectivity index (χ3n) is 20.3. The maximum absolute atomic E-state index is 15.8. The fourth-order valence-electron chi connectivity index (χ4n) is 13.8. The molecule has 2 saturated heterocycles. The van der Waals surface area contributed by atoms with Gasteiger partial charge in [-0.1, -0.05) is 98.5 Å². The van der Waals surface area contributed by atoms with Gasteiger partial charge in [-0.3, -0.25) is 62.4 Å². The molecule has 0 spiro atoms. The molecule has 1 unspecified atom stereocenters. The number of rotatable bonds is 23. The van der Waals surface area contributed by atoms with Gasteiger partial charge in [-0.15, -0.1) is 0 Å². The molecule has 2 aliphatic heterocycles. The second-order valence-electron chi connectivity index (χ2n) is 32.9. The minimum Gasteiger partial charge on any atom is -0.496 e. The number of aliphatic hydroxyl groups excluding tert-OH is 1. The zero-order valence-corrected chi connectivity index (χ0v) is 71.8. The molecular weight excluding hydrogens is 1500 g/mol. The number of piperidine rings is 1. The van der Waals surface area contributed by atoms with Crippen molar-refractivity contribution in [3.63, 3.8) is 0 Å². The van der Waals surface area contributed by atoms with Gasteiger partial charge >= 0.3 is 0 Å². The topological polar surface area (TPSA) is 381 Å². The molecule has 113 heavy (non-hydrogen) atoms. The number of halogens is 1. The van der Waals surface area contributed by atoms with Crippen LogP contribution in [-0.2, 0) is 85.1 Å². The van der Waals surface area contributed by atoms with Crippen LogP contribution in [0.25, 0.3) is 0 Å². The Morgan fingerprint density at radius 1 is 0.619 bits per heavy atom. The minimum absolute atomic E-state index is 0.0137. The molecule has 33 heteroatoms. The third-order valence-corrected chi connectivity index (χ3v) is 21.0. The number of aliphatic hydroxyl groups is 1. The number of benzene rings is 2. The summed E-state index contributed by atoms with van der Waals surface area (Å²) in [5.41, 5.74) is -0.436. The molecular formula is C80H128ClN13O18S. The first-order chi connectivity index (χ1) is 52.6. The van der Waals surface area contributed by atoms with Gasteiger partial charge in [0.1, 0.15) is 60.4 Å². The molecule has 2 heterocycles. The van der Waals surface area contributed by atoms with E-state index in [1.54, 1.807) is 58.9 Å². The molecule has 31 nitrogen and oxygen atoms in total. The van der Waals surface area contributed by atoms with Crippen LogP contribution in [0.1, 0.15) is 176 Å². The summed E-state index contributed by atoms with van der Waals surface area (Å²) in [6.07, 6.45) is 1.52. The van der Waals surface area contributed by atoms with Crippen LogP contribution in [0.2, 0.25) is 5.02 Å². The molecule has 0 saturated carbocycles. The number of aldehydes is 1. The molecule has 0 aliphatic carbocycles. The van der Waals surface area contributed by atoms with Gasteiger partial charge in [0, 0.05) is 73.2 Å². The van der Waals surface area contributed by atoms with Crippen LogP contribution in [-0.4, -0.2) is 297 Å². The molecule has 2 aromatic rings. The number of carbonyl (C=O) groups is 13. The molecule has 2 aromatic carbocycles. The van der Waals surface area contributed by atoms with Gasteiger partial charge in [0.2, 0.25) is 75.0 Å². The van der Waals surface area contributed by atoms with Crippen LogP contribution in [0.15, 0.2) is 42.5 Å². The number of likely N-dealkylation sites (N-methyl/N-ethyl adjacent to an activating group) is 6. The van der Waals surface area contributed by atoms with Crippen LogP contribution < -0.4 is 30.7 Å². The van der Waals surface area contributed by atoms with Crippen molar-refractivity contribution in [3.05, 3.63) is 64.2 Å². The summed E-state index contributed by atoms with van der Waals surface area (Å²) in [6.45, 7) is 22.1. The zero-order valence-electron chi connectivity index (χ0n) is 70.3. The smallest absolute Gasteiger partial charge is 0.268 e. The number of unbranched alkanes of at least 4 members (excludes halogenated alkanes) is 1. The summed E-state index contributed by atoms with van der Waals surface area (Å²) in [5, 5.41) is 23.4. The van der Waals surface area contributed by atoms with Crippen molar-refractivity contribution < 1.29 is 85.3 Å². The van der Waals surface area contributed by atoms with E-state index in [0.29, 0.717) is 50.6 Å². The maximum atomic E-state index is 15.8. The van der Waals surface area contributed by atoms with E-state index in [-0.39, 0.29) is 84.2 Å². The van der Waals surface area contributed by atoms with Gasteiger partial charge in [0.05, 0.1) is 68.8 Å². The van der Waals surface area contributed by atoms with Crippen LogP contribution >= 0.6 is 11.6 Å². The highest BCUT2D eigenvalue weighted by Gasteiger charge is 2.44. The van der Waals surface area contributed by atoms with E-state index in [0.717, 1.165) is 32.3 Å². The SMILES string of the molecule is CCCCN1CC(=O)N(C)[C@@H](CC(C)C)C(=O)N(C)[C@@H](CC(C)C)C(=O)N[C@@H](COC(C)(C)C)C(=O)N(C)[C@@H](CC(C)C)C(=O)N[C@H](C(=O)N2CCCCC2)CC(=O)N(C)CC(=O)N(C)[C@@H](Cc2cccc(Cl)c2)C(=O)N[C@@H](Cc2ccc(C(=O)NS(C)(=O)=O)c(OC)c2)C(=O)N(C)[C@@H](CC(C)C)C(=O)N[C@@H]([C@@H](C)O)C1C=O. The first-order valence-corrected chi connectivity index (χ1v) is 41.4. The Labute approximate surface area is 673 Å². The van der Waals surface area contributed by atoms with Gasteiger partial charge in [0.25, 0.3) is 5.91 Å². The summed E-state index contributed by atoms with van der Waals surface area (Å²) in [5.74, 6) is -10.9. The van der Waals surface area contributed by atoms with Crippen molar-refractivity contribution in [2.24, 2.45) is 23.7 Å². The molecule has 2 aliphatic rings. The monoisotopic (exact) mass is 1630 g/mol. The van der Waals surface area contributed by atoms with Crippen LogP contribution in [0.5, 0.6) is 5.75 Å². The van der Waals surface area contributed by atoms with Crippen LogP contribution in [0.3, 0.4) is 0 Å². The number of hydrogen-bond donors (Lipinski definition) is 6. The Morgan fingerprint density at radius 3 is 1.61 bits per heavy atom. The Kier molecular flexibility index (Phi) is 38.2. The molecule has 11 atom stereocenters. The van der Waals surface area contributed by atoms with Gasteiger partial charge in [-0.2, -0.15) is 0 Å². The Bertz CT molecular complexity index is 3740. The van der Waals surface area contributed by atoms with Crippen molar-refractivity contribution in [1.29, 1.82) is 0 Å². The van der Waals surface area contributed by atoms with Crippen molar-refractivity contribution in [2.45, 2.75) is 239 Å². The number of amides is 12. The van der Waals surface area contributed by atoms with E-state index in [9.17, 15) is 37.5 Å². The van der Waals surface area contributed by atoms with E-state index in [1.807, 2.05) is 53.2 Å². The molecule has 2 fully saturated rings. The van der Waals surface area contributed by atoms with Gasteiger partial charge in [-0.25, -0.2) is 13.1 Å². The lowest BCUT2D eigenvalue weighted by molar-refractivity contribution is -0.151. The Morgan fingerprint density at radius 2 is 1.11 bits per heavy atom. The molecule has 6 N–H and O–H groups in total. The number of hydrogen-bond acceptors (Lipinski definition) is 19. The standard InChI is InChI=1S/C80H128ClN13O18S/c1-22-23-32-94-45-69(99)89(16)64(38-51(8)9)79(108)92(19)61(36-49(4)5)73(102)84-59(47-112-80(11,12)13)77(106)91(18)60(35-48(2)3)72(101)83-58(78(107)93-33-25-24-26-34-93)43-67(97)87(14)44-68(98)88(15)63(41-53-28-27-29-55(81)39-53)74(103)82-57(40-54-30-31-56(66(42-54)111-20)71(100)86-113(21,109)110)76(105)90(17)62(37-50(6)7)75(104)85-70(52(10)96)65(94)46-95/h27-31,39,42,46,48-52,57-65,70,96H,22-26,32-38,40-41,43-45,47H2,1-21H3,(H,82,103)(H,83,101)(H,84,102)(H,85,104)(H,86,100)/t52-,57+,58+,59+,60+,61+,62+,63+,64+,65?,70+/m1/s1. The summed E-state index contributed by atoms with van der Waals surface area (Å²) in [4.78, 5) is 205. The summed E-state index contributed by atoms with van der Waals surface area (Å²) in [6, 6.07) is -4.09. The quantitative estimate of drug-likeness (QED) is 0.0861. The highest BCUT2D eigenvalue weighted by molar-refractivity contribution is 7.89. The second kappa shape index (κ2) is 44.5. The van der Waals surface area contributed by atoms with Gasteiger partial charge < -0.3 is 74.9 Å². The Hall–Kier alpha value is -8.33. The van der Waals surface area contributed by atoms with E-state index in [4.69, 9.17) is 21.1 Å². The van der Waals surface area contributed by atoms with Crippen LogP contribution in [0.4, 0.5) is 0 Å². The predicted molar refractivity (Wildman–Crippen MR) is 429 cm³/mol. The fourth-order valence-corrected chi connectivity index (χ4v) is 14.4. The second-order valence-corrected chi connectivity index (χ2v) is 35.1. The first-order valence-electron chi connectivity index (χ1n) is 39.2. The minimum atomic E-state index is -4.08. The lowest BCUT2D eigenvalue weighted by Gasteiger charge is -2.39. The lowest BCUT2D eigenvalue weighted by Crippen LogP contribution is -2.63. The number of methoxy groups -OCH3 is 1. The van der Waals surface area contributed by atoms with Crippen molar-refractivity contribution in [3.8, 4) is 5.75 Å². The molecule has 0 bridgehead atoms. The average molecular weight is 1630 g/mol. The van der Waals surface area contributed by atoms with E-state index >= 15 is 38.4 Å². The molecule has 0 aromatic heterocycles. The normalized spacial score (nSPS) is 23.9. The Balaban J connectivity index is 2.09. The summed E-state index contributed by atoms with van der Waals surface area (Å²) >= 11 is 6.52. The average Bonchev–Trinajstić information content (AvgIpc) is 0.829. The molecule has 634 valence electrons. The lowest BCUT2D eigenvalue weighted by atomic mass is 9.96. The van der Waals surface area contributed by atoms with E-state index in [1.165, 1.54) is 94.1 Å². The largest absolute Gasteiger partial charge is 0.496 e. The van der Waals surface area contributed by atoms with Crippen LogP contribution in [0, 0.1) is 23.7 Å². The highest BCUT2D eigenvalue weighted by Crippen LogP contribution is 2.27.